The zero-order chi connectivity index (χ0) is 33.2. The number of aliphatic hydroxyl groups is 1. The molecule has 3 amide bonds. The Balaban J connectivity index is 1.42. The van der Waals surface area contributed by atoms with Gasteiger partial charge in [0.2, 0.25) is 15.9 Å². The highest BCUT2D eigenvalue weighted by atomic mass is 32.2. The van der Waals surface area contributed by atoms with Crippen LogP contribution in [0.25, 0.3) is 10.8 Å². The molecule has 46 heavy (non-hydrogen) atoms. The number of ether oxygens (including phenoxy) is 1. The average Bonchev–Trinajstić information content (AvgIpc) is 3.39. The number of hydrogen-bond acceptors (Lipinski definition) is 8. The number of benzene rings is 3. The first-order valence-corrected chi connectivity index (χ1v) is 16.5. The van der Waals surface area contributed by atoms with E-state index in [1.54, 1.807) is 43.9 Å². The van der Waals surface area contributed by atoms with Gasteiger partial charge in [-0.2, -0.15) is 4.31 Å². The van der Waals surface area contributed by atoms with Gasteiger partial charge in [0, 0.05) is 36.1 Å². The van der Waals surface area contributed by atoms with Gasteiger partial charge in [0.05, 0.1) is 31.3 Å². The zero-order valence-corrected chi connectivity index (χ0v) is 27.3. The molecule has 0 unspecified atom stereocenters. The van der Waals surface area contributed by atoms with Crippen LogP contribution >= 0.6 is 0 Å². The molecule has 0 radical (unpaired) electrons. The van der Waals surface area contributed by atoms with E-state index in [-0.39, 0.29) is 54.3 Å². The van der Waals surface area contributed by atoms with Crippen molar-refractivity contribution in [2.45, 2.75) is 51.2 Å². The van der Waals surface area contributed by atoms with E-state index in [4.69, 9.17) is 9.26 Å². The highest BCUT2D eigenvalue weighted by Crippen LogP contribution is 2.31. The summed E-state index contributed by atoms with van der Waals surface area (Å²) in [6, 6.07) is 17.4. The fourth-order valence-corrected chi connectivity index (χ4v) is 7.16. The van der Waals surface area contributed by atoms with Crippen LogP contribution in [0.3, 0.4) is 0 Å². The van der Waals surface area contributed by atoms with Crippen LogP contribution in [0.4, 0.5) is 16.2 Å². The van der Waals surface area contributed by atoms with Gasteiger partial charge in [0.15, 0.2) is 5.76 Å². The molecule has 1 aromatic heterocycles. The molecule has 13 heteroatoms. The maximum absolute atomic E-state index is 13.6. The van der Waals surface area contributed by atoms with Crippen LogP contribution in [0.2, 0.25) is 0 Å². The molecule has 12 nitrogen and oxygen atoms in total. The van der Waals surface area contributed by atoms with Crippen LogP contribution in [-0.2, 0) is 21.2 Å². The number of likely N-dealkylation sites (N-methyl/N-ethyl adjacent to an activating group) is 1. The van der Waals surface area contributed by atoms with E-state index in [0.717, 1.165) is 10.8 Å². The summed E-state index contributed by atoms with van der Waals surface area (Å²) in [7, 11) is -2.51. The number of aliphatic hydroxyl groups excluding tert-OH is 1. The Hall–Kier alpha value is -4.46. The third-order valence-electron chi connectivity index (χ3n) is 8.29. The van der Waals surface area contributed by atoms with Gasteiger partial charge >= 0.3 is 6.03 Å². The molecule has 5 rings (SSSR count). The summed E-state index contributed by atoms with van der Waals surface area (Å²) in [5.74, 6) is 0.0338. The molecule has 244 valence electrons. The first kappa shape index (κ1) is 32.9. The number of carbonyl (C=O) groups excluding carboxylic acids is 2. The molecule has 1 aliphatic heterocycles. The number of nitrogens with one attached hydrogen (secondary N) is 2. The predicted octanol–water partition coefficient (Wildman–Crippen LogP) is 4.56. The molecule has 2 heterocycles. The van der Waals surface area contributed by atoms with Gasteiger partial charge < -0.3 is 29.9 Å². The van der Waals surface area contributed by atoms with Gasteiger partial charge in [0.25, 0.3) is 0 Å². The molecule has 3 atom stereocenters. The van der Waals surface area contributed by atoms with Gasteiger partial charge in [-0.25, -0.2) is 13.2 Å². The minimum absolute atomic E-state index is 0.00863. The predicted molar refractivity (Wildman–Crippen MR) is 174 cm³/mol. The van der Waals surface area contributed by atoms with E-state index < -0.39 is 28.2 Å². The first-order valence-electron chi connectivity index (χ1n) is 15.0. The summed E-state index contributed by atoms with van der Waals surface area (Å²) in [5, 5.41) is 21.4. The monoisotopic (exact) mass is 649 g/mol. The van der Waals surface area contributed by atoms with Crippen molar-refractivity contribution in [3.63, 3.8) is 0 Å². The number of fused-ring (bicyclic) bond motifs is 2. The number of hydrogen-bond donors (Lipinski definition) is 3. The number of aryl methyl sites for hydroxylation is 2. The Morgan fingerprint density at radius 3 is 2.59 bits per heavy atom. The number of nitrogens with zero attached hydrogens (tertiary/aromatic N) is 3. The van der Waals surface area contributed by atoms with Gasteiger partial charge in [-0.1, -0.05) is 48.5 Å². The molecule has 0 bridgehead atoms. The van der Waals surface area contributed by atoms with Crippen LogP contribution in [0.1, 0.15) is 30.9 Å². The van der Waals surface area contributed by atoms with Gasteiger partial charge in [-0.3, -0.25) is 4.79 Å². The Morgan fingerprint density at radius 1 is 1.13 bits per heavy atom. The second-order valence-electron chi connectivity index (χ2n) is 11.8. The van der Waals surface area contributed by atoms with Crippen molar-refractivity contribution in [3.8, 4) is 5.75 Å². The van der Waals surface area contributed by atoms with Crippen molar-refractivity contribution in [2.75, 3.05) is 37.4 Å². The number of urea groups is 1. The van der Waals surface area contributed by atoms with Crippen molar-refractivity contribution < 1.29 is 32.4 Å². The second kappa shape index (κ2) is 13.5. The number of aromatic nitrogens is 1. The third-order valence-corrected chi connectivity index (χ3v) is 10.4. The number of amides is 3. The molecule has 0 aliphatic carbocycles. The summed E-state index contributed by atoms with van der Waals surface area (Å²) in [6.45, 7) is 6.71. The van der Waals surface area contributed by atoms with E-state index in [0.29, 0.717) is 22.7 Å². The third kappa shape index (κ3) is 6.86. The highest BCUT2D eigenvalue weighted by Gasteiger charge is 2.35. The molecule has 0 saturated heterocycles. The normalized spacial score (nSPS) is 17.9. The zero-order valence-electron chi connectivity index (χ0n) is 26.5. The summed E-state index contributed by atoms with van der Waals surface area (Å²) in [5.41, 5.74) is 1.86. The number of carbonyl (C=O) groups is 2. The van der Waals surface area contributed by atoms with Crippen molar-refractivity contribution in [2.24, 2.45) is 5.92 Å². The molecular formula is C33H39N5O7S. The Labute approximate surface area is 268 Å². The second-order valence-corrected chi connectivity index (χ2v) is 13.7. The van der Waals surface area contributed by atoms with E-state index in [1.165, 1.54) is 11.4 Å². The van der Waals surface area contributed by atoms with E-state index in [2.05, 4.69) is 15.8 Å². The topological polar surface area (TPSA) is 154 Å². The van der Waals surface area contributed by atoms with Crippen molar-refractivity contribution in [3.05, 3.63) is 77.7 Å². The van der Waals surface area contributed by atoms with Crippen molar-refractivity contribution in [1.82, 2.24) is 14.4 Å². The van der Waals surface area contributed by atoms with Gasteiger partial charge in [0.1, 0.15) is 22.4 Å². The van der Waals surface area contributed by atoms with Crippen LogP contribution in [0.15, 0.2) is 70.1 Å². The Morgan fingerprint density at radius 2 is 1.87 bits per heavy atom. The van der Waals surface area contributed by atoms with Crippen molar-refractivity contribution in [1.29, 1.82) is 0 Å². The lowest BCUT2D eigenvalue weighted by atomic mass is 10.0. The molecule has 3 N–H and O–H groups in total. The highest BCUT2D eigenvalue weighted by molar-refractivity contribution is 7.89. The van der Waals surface area contributed by atoms with Gasteiger partial charge in [-0.05, 0) is 50.4 Å². The standard InChI is InChI=1S/C33H39N5O7S/c1-20-17-38(21(2)19-39)31(40)16-25-15-26(34-33(41)35-28-12-8-10-24-9-6-7-11-27(24)28)13-14-29(25)44-30(20)18-37(5)46(42,43)32-22(3)36-45-23(32)4/h6-15,20-21,30,39H,16-19H2,1-5H3,(H2,34,35,41)/t20-,21+,30-/m1/s1. The number of sulfonamides is 1. The quantitative estimate of drug-likeness (QED) is 0.251. The lowest BCUT2D eigenvalue weighted by Gasteiger charge is -2.33. The Bertz CT molecular complexity index is 1830. The van der Waals surface area contributed by atoms with E-state index in [9.17, 15) is 23.1 Å². The minimum atomic E-state index is -3.97. The van der Waals surface area contributed by atoms with E-state index in [1.807, 2.05) is 49.4 Å². The fourth-order valence-electron chi connectivity index (χ4n) is 5.69. The molecule has 1 aliphatic rings. The minimum Gasteiger partial charge on any atom is -0.488 e. The summed E-state index contributed by atoms with van der Waals surface area (Å²) in [4.78, 5) is 28.2. The molecule has 4 aromatic rings. The SMILES string of the molecule is Cc1noc(C)c1S(=O)(=O)N(C)C[C@H]1Oc2ccc(NC(=O)Nc3cccc4ccccc34)cc2CC(=O)N([C@@H](C)CO)C[C@H]1C. The largest absolute Gasteiger partial charge is 0.488 e. The maximum atomic E-state index is 13.6. The van der Waals surface area contributed by atoms with Crippen LogP contribution < -0.4 is 15.4 Å². The molecule has 0 spiro atoms. The molecular weight excluding hydrogens is 610 g/mol. The molecule has 3 aromatic carbocycles. The Kier molecular flexibility index (Phi) is 9.66. The molecule has 0 fully saturated rings. The van der Waals surface area contributed by atoms with Crippen molar-refractivity contribution >= 4 is 44.1 Å². The van der Waals surface area contributed by atoms with Crippen LogP contribution in [0, 0.1) is 19.8 Å². The smallest absolute Gasteiger partial charge is 0.323 e. The summed E-state index contributed by atoms with van der Waals surface area (Å²) >= 11 is 0. The summed E-state index contributed by atoms with van der Waals surface area (Å²) in [6.07, 6.45) is -0.723. The maximum Gasteiger partial charge on any atom is 0.323 e. The number of rotatable bonds is 8. The van der Waals surface area contributed by atoms with Gasteiger partial charge in [-0.15, -0.1) is 0 Å². The average molecular weight is 650 g/mol. The van der Waals surface area contributed by atoms with Crippen LogP contribution in [0.5, 0.6) is 5.75 Å². The van der Waals surface area contributed by atoms with Crippen LogP contribution in [-0.4, -0.2) is 78.7 Å². The fraction of sp³-hybridized carbons (Fsp3) is 0.364. The number of anilines is 2. The lowest BCUT2D eigenvalue weighted by Crippen LogP contribution is -2.48. The first-order chi connectivity index (χ1) is 21.9. The van der Waals surface area contributed by atoms with E-state index >= 15 is 0 Å². The summed E-state index contributed by atoms with van der Waals surface area (Å²) < 4.78 is 39.8. The molecule has 0 saturated carbocycles. The lowest BCUT2D eigenvalue weighted by molar-refractivity contribution is -0.134.